The van der Waals surface area contributed by atoms with Crippen molar-refractivity contribution >= 4 is 30.4 Å². The lowest BCUT2D eigenvalue weighted by atomic mass is 10.1. The molecular weight excluding hydrogens is 572 g/mol. The Kier molecular flexibility index (Phi) is 16.5. The Bertz CT molecular complexity index is 1140. The molecule has 0 saturated carbocycles. The first-order chi connectivity index (χ1) is 17.7. The first-order valence-electron chi connectivity index (χ1n) is 13.1. The van der Waals surface area contributed by atoms with Crippen LogP contribution >= 0.6 is 0 Å². The van der Waals surface area contributed by atoms with Crippen molar-refractivity contribution in [2.75, 3.05) is 71.1 Å². The van der Waals surface area contributed by atoms with Gasteiger partial charge in [0, 0.05) is 30.1 Å². The van der Waals surface area contributed by atoms with E-state index in [1.165, 1.54) is 19.3 Å². The molecule has 39 heavy (non-hydrogen) atoms. The van der Waals surface area contributed by atoms with Gasteiger partial charge in [-0.2, -0.15) is 0 Å². The van der Waals surface area contributed by atoms with Gasteiger partial charge in [0.1, 0.15) is 12.4 Å². The van der Waals surface area contributed by atoms with Crippen molar-refractivity contribution in [2.45, 2.75) is 52.0 Å². The maximum atomic E-state index is 10.4. The van der Waals surface area contributed by atoms with Crippen molar-refractivity contribution in [3.05, 3.63) is 18.7 Å². The third kappa shape index (κ3) is 23.3. The lowest BCUT2D eigenvalue weighted by Gasteiger charge is -2.37. The summed E-state index contributed by atoms with van der Waals surface area (Å²) in [5.41, 5.74) is 0. The molecule has 232 valence electrons. The normalized spacial score (nSPS) is 16.0. The molecule has 0 radical (unpaired) electrons. The zero-order valence-electron chi connectivity index (χ0n) is 24.0. The Hall–Kier alpha value is -1.14. The SMILES string of the molecule is CC[N+](C)(C)CCCS(=O)(=O)[O-].C[N+]1(CCCS(=O)(=O)[O-])CCCCC1.C[n+]1ccn(CCCS(=O)(=O)[O-])c1. The minimum Gasteiger partial charge on any atom is -0.748 e. The standard InChI is InChI=1S/C9H19NO3S.C7H12N2O3S.C7H17NO3S/c1-10(6-3-2-4-7-10)8-5-9-14(11,12)13;1-8-4-5-9(7-8)3-2-6-13(10,11)12;1-4-8(2,3)6-5-7-12(9,10)11/h2-9H2,1H3;4-5,7H,2-3,6H2,1H3;4-7H2,1-3H3. The highest BCUT2D eigenvalue weighted by molar-refractivity contribution is 7.86. The van der Waals surface area contributed by atoms with Gasteiger partial charge in [0.05, 0.1) is 97.8 Å². The summed E-state index contributed by atoms with van der Waals surface area (Å²) in [6.45, 7) is 7.34. The number of quaternary nitrogens is 2. The van der Waals surface area contributed by atoms with Gasteiger partial charge < -0.3 is 22.6 Å². The zero-order chi connectivity index (χ0) is 30.4. The van der Waals surface area contributed by atoms with Gasteiger partial charge in [-0.15, -0.1) is 0 Å². The van der Waals surface area contributed by atoms with E-state index >= 15 is 0 Å². The van der Waals surface area contributed by atoms with E-state index in [1.54, 1.807) is 0 Å². The second-order valence-electron chi connectivity index (χ2n) is 11.0. The molecule has 2 heterocycles. The minimum atomic E-state index is -4.06. The van der Waals surface area contributed by atoms with E-state index in [0.717, 1.165) is 41.7 Å². The maximum Gasteiger partial charge on any atom is 0.243 e. The molecule has 13 nitrogen and oxygen atoms in total. The van der Waals surface area contributed by atoms with Gasteiger partial charge in [-0.05, 0) is 32.6 Å². The van der Waals surface area contributed by atoms with Crippen LogP contribution < -0.4 is 4.57 Å². The quantitative estimate of drug-likeness (QED) is 0.164. The Labute approximate surface area is 235 Å². The second-order valence-corrected chi connectivity index (χ2v) is 15.6. The van der Waals surface area contributed by atoms with Crippen molar-refractivity contribution in [3.8, 4) is 0 Å². The second kappa shape index (κ2) is 17.0. The van der Waals surface area contributed by atoms with Crippen molar-refractivity contribution < 1.29 is 52.4 Å². The minimum absolute atomic E-state index is 0.208. The third-order valence-corrected chi connectivity index (χ3v) is 9.00. The summed E-state index contributed by atoms with van der Waals surface area (Å²) in [6, 6.07) is 0. The van der Waals surface area contributed by atoms with E-state index in [-0.39, 0.29) is 17.3 Å². The molecule has 16 heteroatoms. The molecule has 0 amide bonds. The number of piperidine rings is 1. The van der Waals surface area contributed by atoms with Crippen LogP contribution in [0.3, 0.4) is 0 Å². The summed E-state index contributed by atoms with van der Waals surface area (Å²) >= 11 is 0. The van der Waals surface area contributed by atoms with Crippen LogP contribution in [-0.4, -0.2) is 124 Å². The molecule has 1 fully saturated rings. The Morgan fingerprint density at radius 2 is 1.33 bits per heavy atom. The van der Waals surface area contributed by atoms with Gasteiger partial charge >= 0.3 is 0 Å². The summed E-state index contributed by atoms with van der Waals surface area (Å²) in [7, 11) is -4.04. The molecule has 0 bridgehead atoms. The fraction of sp³-hybridized carbons (Fsp3) is 0.870. The summed E-state index contributed by atoms with van der Waals surface area (Å²) in [5.74, 6) is -0.746. The number of hydrogen-bond donors (Lipinski definition) is 0. The first-order valence-corrected chi connectivity index (χ1v) is 17.9. The Balaban J connectivity index is 0.000000558. The van der Waals surface area contributed by atoms with E-state index in [2.05, 4.69) is 7.05 Å². The molecular formula is C23H48N4O9S3. The van der Waals surface area contributed by atoms with Gasteiger partial charge in [-0.25, -0.2) is 34.4 Å². The molecule has 0 spiro atoms. The summed E-state index contributed by atoms with van der Waals surface area (Å²) in [4.78, 5) is 0. The fourth-order valence-corrected chi connectivity index (χ4v) is 5.46. The molecule has 1 aliphatic rings. The predicted molar refractivity (Wildman–Crippen MR) is 145 cm³/mol. The highest BCUT2D eigenvalue weighted by Crippen LogP contribution is 2.16. The van der Waals surface area contributed by atoms with Gasteiger partial charge in [0.25, 0.3) is 0 Å². The number of likely N-dealkylation sites (tertiary alicyclic amines) is 1. The van der Waals surface area contributed by atoms with E-state index in [4.69, 9.17) is 0 Å². The highest BCUT2D eigenvalue weighted by atomic mass is 32.2. The molecule has 0 N–H and O–H groups in total. The van der Waals surface area contributed by atoms with E-state index < -0.39 is 30.4 Å². The first kappa shape index (κ1) is 37.9. The molecule has 0 aliphatic carbocycles. The number of nitrogens with zero attached hydrogens (tertiary/aromatic N) is 4. The van der Waals surface area contributed by atoms with Crippen molar-refractivity contribution in [1.82, 2.24) is 4.57 Å². The predicted octanol–water partition coefficient (Wildman–Crippen LogP) is -0.182. The smallest absolute Gasteiger partial charge is 0.243 e. The maximum absolute atomic E-state index is 10.4. The van der Waals surface area contributed by atoms with Crippen LogP contribution in [0, 0.1) is 0 Å². The van der Waals surface area contributed by atoms with Crippen molar-refractivity contribution in [2.24, 2.45) is 7.05 Å². The van der Waals surface area contributed by atoms with E-state index in [0.29, 0.717) is 25.8 Å². The molecule has 1 aromatic heterocycles. The van der Waals surface area contributed by atoms with Crippen LogP contribution in [0.2, 0.25) is 0 Å². The fourth-order valence-electron chi connectivity index (χ4n) is 4.01. The Morgan fingerprint density at radius 3 is 1.77 bits per heavy atom. The van der Waals surface area contributed by atoms with Crippen LogP contribution in [0.1, 0.15) is 45.4 Å². The van der Waals surface area contributed by atoms with Crippen molar-refractivity contribution in [3.63, 3.8) is 0 Å². The van der Waals surface area contributed by atoms with Crippen LogP contribution in [0.4, 0.5) is 0 Å². The average Bonchev–Trinajstić information content (AvgIpc) is 3.17. The zero-order valence-corrected chi connectivity index (χ0v) is 26.5. The molecule has 0 unspecified atom stereocenters. The van der Waals surface area contributed by atoms with Gasteiger partial charge in [0.2, 0.25) is 6.33 Å². The van der Waals surface area contributed by atoms with Crippen LogP contribution in [-0.2, 0) is 43.9 Å². The number of rotatable bonds is 13. The molecule has 0 aromatic carbocycles. The van der Waals surface area contributed by atoms with Gasteiger partial charge in [-0.3, -0.25) is 0 Å². The lowest BCUT2D eigenvalue weighted by Crippen LogP contribution is -2.48. The number of aromatic nitrogens is 2. The van der Waals surface area contributed by atoms with Crippen LogP contribution in [0.5, 0.6) is 0 Å². The molecule has 0 atom stereocenters. The summed E-state index contributed by atoms with van der Waals surface area (Å²) < 4.78 is 98.1. The summed E-state index contributed by atoms with van der Waals surface area (Å²) in [5, 5.41) is 0. The summed E-state index contributed by atoms with van der Waals surface area (Å²) in [6.07, 6.45) is 10.6. The van der Waals surface area contributed by atoms with Crippen molar-refractivity contribution in [1.29, 1.82) is 0 Å². The van der Waals surface area contributed by atoms with Crippen LogP contribution in [0.15, 0.2) is 18.7 Å². The monoisotopic (exact) mass is 620 g/mol. The number of hydrogen-bond acceptors (Lipinski definition) is 9. The van der Waals surface area contributed by atoms with E-state index in [9.17, 15) is 38.9 Å². The highest BCUT2D eigenvalue weighted by Gasteiger charge is 2.24. The average molecular weight is 621 g/mol. The molecule has 1 saturated heterocycles. The lowest BCUT2D eigenvalue weighted by molar-refractivity contribution is -0.914. The van der Waals surface area contributed by atoms with E-state index in [1.807, 2.05) is 55.9 Å². The van der Waals surface area contributed by atoms with Gasteiger partial charge in [-0.1, -0.05) is 0 Å². The number of aryl methyl sites for hydroxylation is 2. The molecule has 2 rings (SSSR count). The largest absolute Gasteiger partial charge is 0.748 e. The topological polar surface area (TPSA) is 180 Å². The molecule has 1 aromatic rings. The number of imidazole rings is 1. The van der Waals surface area contributed by atoms with Gasteiger partial charge in [0.15, 0.2) is 0 Å². The molecule has 1 aliphatic heterocycles. The Morgan fingerprint density at radius 1 is 0.846 bits per heavy atom. The van der Waals surface area contributed by atoms with Crippen LogP contribution in [0.25, 0.3) is 0 Å². The third-order valence-electron chi connectivity index (χ3n) is 6.64.